The molecule has 0 heterocycles. The SMILES string of the molecule is CC(C)=CCC(Nc1ccc(Br)cc1)c1ccccc1. The maximum Gasteiger partial charge on any atom is 0.0548 e. The summed E-state index contributed by atoms with van der Waals surface area (Å²) in [6.45, 7) is 4.28. The smallest absolute Gasteiger partial charge is 0.0548 e. The number of rotatable bonds is 5. The predicted molar refractivity (Wildman–Crippen MR) is 91.0 cm³/mol. The first kappa shape index (κ1) is 14.9. The zero-order chi connectivity index (χ0) is 14.4. The molecule has 0 aromatic heterocycles. The lowest BCUT2D eigenvalue weighted by Gasteiger charge is -2.19. The zero-order valence-electron chi connectivity index (χ0n) is 11.9. The van der Waals surface area contributed by atoms with E-state index in [2.05, 4.69) is 95.8 Å². The van der Waals surface area contributed by atoms with Gasteiger partial charge in [0.25, 0.3) is 0 Å². The molecule has 2 rings (SSSR count). The summed E-state index contributed by atoms with van der Waals surface area (Å²) in [6, 6.07) is 19.2. The number of benzene rings is 2. The second kappa shape index (κ2) is 7.30. The van der Waals surface area contributed by atoms with E-state index in [1.165, 1.54) is 11.1 Å². The van der Waals surface area contributed by atoms with Crippen molar-refractivity contribution in [3.8, 4) is 0 Å². The number of hydrogen-bond acceptors (Lipinski definition) is 1. The van der Waals surface area contributed by atoms with E-state index in [1.807, 2.05) is 0 Å². The average Bonchev–Trinajstić information content (AvgIpc) is 2.46. The summed E-state index contributed by atoms with van der Waals surface area (Å²) < 4.78 is 1.10. The lowest BCUT2D eigenvalue weighted by Crippen LogP contribution is -2.10. The van der Waals surface area contributed by atoms with Crippen molar-refractivity contribution in [2.45, 2.75) is 26.3 Å². The number of nitrogens with one attached hydrogen (secondary N) is 1. The Hall–Kier alpha value is -1.54. The Bertz CT molecular complexity index is 554. The molecule has 2 aromatic rings. The van der Waals surface area contributed by atoms with Gasteiger partial charge in [-0.3, -0.25) is 0 Å². The molecule has 0 aliphatic heterocycles. The van der Waals surface area contributed by atoms with Gasteiger partial charge in [0, 0.05) is 10.2 Å². The van der Waals surface area contributed by atoms with Crippen LogP contribution in [0.25, 0.3) is 0 Å². The second-order valence-corrected chi connectivity index (χ2v) is 6.05. The first-order valence-electron chi connectivity index (χ1n) is 6.85. The van der Waals surface area contributed by atoms with E-state index in [-0.39, 0.29) is 0 Å². The third kappa shape index (κ3) is 4.53. The molecule has 0 saturated heterocycles. The van der Waals surface area contributed by atoms with Crippen LogP contribution in [0.4, 0.5) is 5.69 Å². The summed E-state index contributed by atoms with van der Waals surface area (Å²) in [5.41, 5.74) is 3.81. The molecule has 0 amide bonds. The van der Waals surface area contributed by atoms with Gasteiger partial charge in [0.1, 0.15) is 0 Å². The van der Waals surface area contributed by atoms with Crippen LogP contribution in [0.3, 0.4) is 0 Å². The van der Waals surface area contributed by atoms with E-state index in [9.17, 15) is 0 Å². The molecule has 0 spiro atoms. The van der Waals surface area contributed by atoms with E-state index in [4.69, 9.17) is 0 Å². The Labute approximate surface area is 129 Å². The normalized spacial score (nSPS) is 11.8. The maximum atomic E-state index is 3.61. The largest absolute Gasteiger partial charge is 0.378 e. The Morgan fingerprint density at radius 2 is 1.70 bits per heavy atom. The minimum absolute atomic E-state index is 0.298. The molecule has 1 atom stereocenters. The fourth-order valence-electron chi connectivity index (χ4n) is 2.06. The van der Waals surface area contributed by atoms with Crippen LogP contribution in [0.15, 0.2) is 70.7 Å². The van der Waals surface area contributed by atoms with Crippen LogP contribution in [0.1, 0.15) is 31.9 Å². The standard InChI is InChI=1S/C18H20BrN/c1-14(2)8-13-18(15-6-4-3-5-7-15)20-17-11-9-16(19)10-12-17/h3-12,18,20H,13H2,1-2H3. The molecular weight excluding hydrogens is 310 g/mol. The molecule has 2 heteroatoms. The van der Waals surface area contributed by atoms with Crippen molar-refractivity contribution in [2.24, 2.45) is 0 Å². The third-order valence-corrected chi connectivity index (χ3v) is 3.68. The Kier molecular flexibility index (Phi) is 5.42. The van der Waals surface area contributed by atoms with Gasteiger partial charge in [0.2, 0.25) is 0 Å². The van der Waals surface area contributed by atoms with Gasteiger partial charge in [-0.2, -0.15) is 0 Å². The number of anilines is 1. The Balaban J connectivity index is 2.18. The van der Waals surface area contributed by atoms with E-state index in [0.717, 1.165) is 16.6 Å². The fraction of sp³-hybridized carbons (Fsp3) is 0.222. The number of halogens is 1. The topological polar surface area (TPSA) is 12.0 Å². The van der Waals surface area contributed by atoms with Gasteiger partial charge < -0.3 is 5.32 Å². The molecule has 104 valence electrons. The predicted octanol–water partition coefficient (Wildman–Crippen LogP) is 5.96. The summed E-state index contributed by atoms with van der Waals surface area (Å²) in [6.07, 6.45) is 3.27. The lowest BCUT2D eigenvalue weighted by atomic mass is 10.0. The van der Waals surface area contributed by atoms with Gasteiger partial charge in [-0.15, -0.1) is 0 Å². The third-order valence-electron chi connectivity index (χ3n) is 3.15. The van der Waals surface area contributed by atoms with Gasteiger partial charge in [0.15, 0.2) is 0 Å². The second-order valence-electron chi connectivity index (χ2n) is 5.13. The van der Waals surface area contributed by atoms with E-state index >= 15 is 0 Å². The summed E-state index contributed by atoms with van der Waals surface area (Å²) >= 11 is 3.47. The monoisotopic (exact) mass is 329 g/mol. The summed E-state index contributed by atoms with van der Waals surface area (Å²) in [5.74, 6) is 0. The summed E-state index contributed by atoms with van der Waals surface area (Å²) in [7, 11) is 0. The Morgan fingerprint density at radius 3 is 2.30 bits per heavy atom. The van der Waals surface area contributed by atoms with Crippen molar-refractivity contribution in [1.82, 2.24) is 0 Å². The maximum absolute atomic E-state index is 3.61. The first-order chi connectivity index (χ1) is 9.65. The average molecular weight is 330 g/mol. The molecule has 1 N–H and O–H groups in total. The highest BCUT2D eigenvalue weighted by atomic mass is 79.9. The molecule has 0 fully saturated rings. The van der Waals surface area contributed by atoms with Gasteiger partial charge in [-0.1, -0.05) is 57.9 Å². The highest BCUT2D eigenvalue weighted by molar-refractivity contribution is 9.10. The van der Waals surface area contributed by atoms with Crippen molar-refractivity contribution in [3.05, 3.63) is 76.3 Å². The molecular formula is C18H20BrN. The van der Waals surface area contributed by atoms with Crippen LogP contribution in [0, 0.1) is 0 Å². The highest BCUT2D eigenvalue weighted by Crippen LogP contribution is 2.24. The molecule has 0 aliphatic carbocycles. The molecule has 20 heavy (non-hydrogen) atoms. The van der Waals surface area contributed by atoms with Crippen LogP contribution in [-0.4, -0.2) is 0 Å². The van der Waals surface area contributed by atoms with E-state index in [0.29, 0.717) is 6.04 Å². The lowest BCUT2D eigenvalue weighted by molar-refractivity contribution is 0.793. The number of allylic oxidation sites excluding steroid dienone is 1. The van der Waals surface area contributed by atoms with Gasteiger partial charge in [0.05, 0.1) is 6.04 Å². The Morgan fingerprint density at radius 1 is 1.05 bits per heavy atom. The van der Waals surface area contributed by atoms with Crippen LogP contribution in [-0.2, 0) is 0 Å². The van der Waals surface area contributed by atoms with Gasteiger partial charge >= 0.3 is 0 Å². The quantitative estimate of drug-likeness (QED) is 0.667. The summed E-state index contributed by atoms with van der Waals surface area (Å²) in [5, 5.41) is 3.61. The van der Waals surface area contributed by atoms with Crippen LogP contribution >= 0.6 is 15.9 Å². The van der Waals surface area contributed by atoms with E-state index < -0.39 is 0 Å². The molecule has 1 unspecified atom stereocenters. The van der Waals surface area contributed by atoms with Gasteiger partial charge in [-0.05, 0) is 50.1 Å². The van der Waals surface area contributed by atoms with E-state index in [1.54, 1.807) is 0 Å². The highest BCUT2D eigenvalue weighted by Gasteiger charge is 2.09. The fourth-order valence-corrected chi connectivity index (χ4v) is 2.33. The molecule has 0 radical (unpaired) electrons. The van der Waals surface area contributed by atoms with Crippen LogP contribution in [0.2, 0.25) is 0 Å². The summed E-state index contributed by atoms with van der Waals surface area (Å²) in [4.78, 5) is 0. The zero-order valence-corrected chi connectivity index (χ0v) is 13.5. The minimum Gasteiger partial charge on any atom is -0.378 e. The van der Waals surface area contributed by atoms with Crippen molar-refractivity contribution in [2.75, 3.05) is 5.32 Å². The van der Waals surface area contributed by atoms with Gasteiger partial charge in [-0.25, -0.2) is 0 Å². The van der Waals surface area contributed by atoms with Crippen LogP contribution < -0.4 is 5.32 Å². The van der Waals surface area contributed by atoms with Crippen molar-refractivity contribution >= 4 is 21.6 Å². The first-order valence-corrected chi connectivity index (χ1v) is 7.65. The molecule has 0 bridgehead atoms. The van der Waals surface area contributed by atoms with Crippen molar-refractivity contribution in [1.29, 1.82) is 0 Å². The van der Waals surface area contributed by atoms with Crippen molar-refractivity contribution in [3.63, 3.8) is 0 Å². The minimum atomic E-state index is 0.298. The van der Waals surface area contributed by atoms with Crippen molar-refractivity contribution < 1.29 is 0 Å². The molecule has 0 aliphatic rings. The molecule has 1 nitrogen and oxygen atoms in total. The molecule has 2 aromatic carbocycles. The number of hydrogen-bond donors (Lipinski definition) is 1. The van der Waals surface area contributed by atoms with Crippen LogP contribution in [0.5, 0.6) is 0 Å². The molecule has 0 saturated carbocycles.